The highest BCUT2D eigenvalue weighted by Crippen LogP contribution is 2.30. The summed E-state index contributed by atoms with van der Waals surface area (Å²) < 4.78 is 5.88. The molecule has 0 saturated heterocycles. The molecule has 0 aliphatic carbocycles. The van der Waals surface area contributed by atoms with Crippen molar-refractivity contribution in [2.75, 3.05) is 0 Å². The van der Waals surface area contributed by atoms with Crippen LogP contribution >= 0.6 is 0 Å². The minimum Gasteiger partial charge on any atom is -0.456 e. The summed E-state index contributed by atoms with van der Waals surface area (Å²) in [7, 11) is 0. The lowest BCUT2D eigenvalue weighted by atomic mass is 10.1. The van der Waals surface area contributed by atoms with Crippen LogP contribution in [0.4, 0.5) is 0 Å². The van der Waals surface area contributed by atoms with Crippen LogP contribution in [0.3, 0.4) is 0 Å². The normalized spacial score (nSPS) is 11.2. The molecular formula is C17H12N2O. The summed E-state index contributed by atoms with van der Waals surface area (Å²) in [5.41, 5.74) is 3.80. The van der Waals surface area contributed by atoms with Gasteiger partial charge in [-0.3, -0.25) is 0 Å². The third kappa shape index (κ3) is 1.67. The van der Waals surface area contributed by atoms with Gasteiger partial charge in [-0.15, -0.1) is 0 Å². The maximum Gasteiger partial charge on any atom is 0.159 e. The van der Waals surface area contributed by atoms with E-state index < -0.39 is 0 Å². The SMILES string of the molecule is Cc1cnc(-c2ccc3c(c2)oc2ccccc23)nc1. The highest BCUT2D eigenvalue weighted by atomic mass is 16.3. The Morgan fingerprint density at radius 1 is 0.850 bits per heavy atom. The van der Waals surface area contributed by atoms with Crippen LogP contribution in [0.25, 0.3) is 33.3 Å². The van der Waals surface area contributed by atoms with E-state index in [-0.39, 0.29) is 0 Å². The van der Waals surface area contributed by atoms with Crippen LogP contribution in [0.15, 0.2) is 59.3 Å². The van der Waals surface area contributed by atoms with Crippen molar-refractivity contribution in [1.29, 1.82) is 0 Å². The molecule has 0 saturated carbocycles. The van der Waals surface area contributed by atoms with Gasteiger partial charge in [0, 0.05) is 28.7 Å². The first-order valence-corrected chi connectivity index (χ1v) is 6.51. The molecule has 0 aliphatic heterocycles. The molecule has 0 aliphatic rings. The van der Waals surface area contributed by atoms with Crippen LogP contribution in [0.5, 0.6) is 0 Å². The van der Waals surface area contributed by atoms with E-state index in [9.17, 15) is 0 Å². The Hall–Kier alpha value is -2.68. The van der Waals surface area contributed by atoms with E-state index in [2.05, 4.69) is 22.1 Å². The van der Waals surface area contributed by atoms with Crippen molar-refractivity contribution in [3.63, 3.8) is 0 Å². The Morgan fingerprint density at radius 3 is 2.45 bits per heavy atom. The molecule has 4 rings (SSSR count). The average Bonchev–Trinajstić information content (AvgIpc) is 2.85. The zero-order valence-corrected chi connectivity index (χ0v) is 11.0. The Kier molecular flexibility index (Phi) is 2.33. The van der Waals surface area contributed by atoms with Crippen molar-refractivity contribution in [2.45, 2.75) is 6.92 Å². The van der Waals surface area contributed by atoms with E-state index in [1.165, 1.54) is 0 Å². The fourth-order valence-corrected chi connectivity index (χ4v) is 2.41. The summed E-state index contributed by atoms with van der Waals surface area (Å²) in [6.45, 7) is 1.98. The molecule has 4 aromatic rings. The molecule has 3 nitrogen and oxygen atoms in total. The van der Waals surface area contributed by atoms with E-state index in [4.69, 9.17) is 4.42 Å². The van der Waals surface area contributed by atoms with Gasteiger partial charge in [-0.2, -0.15) is 0 Å². The van der Waals surface area contributed by atoms with Crippen LogP contribution in [0.1, 0.15) is 5.56 Å². The lowest BCUT2D eigenvalue weighted by Gasteiger charge is -2.00. The smallest absolute Gasteiger partial charge is 0.159 e. The molecule has 3 heteroatoms. The molecule has 0 atom stereocenters. The Balaban J connectivity index is 1.94. The minimum absolute atomic E-state index is 0.720. The molecule has 0 N–H and O–H groups in total. The summed E-state index contributed by atoms with van der Waals surface area (Å²) in [6, 6.07) is 14.2. The number of para-hydroxylation sites is 1. The molecule has 20 heavy (non-hydrogen) atoms. The number of fused-ring (bicyclic) bond motifs is 3. The second kappa shape index (κ2) is 4.17. The monoisotopic (exact) mass is 260 g/mol. The number of nitrogens with zero attached hydrogens (tertiary/aromatic N) is 2. The number of aromatic nitrogens is 2. The third-order valence-corrected chi connectivity index (χ3v) is 3.42. The molecule has 0 unspecified atom stereocenters. The van der Waals surface area contributed by atoms with E-state index >= 15 is 0 Å². The number of furan rings is 1. The Labute approximate surface area is 115 Å². The molecule has 2 aromatic heterocycles. The highest BCUT2D eigenvalue weighted by Gasteiger charge is 2.08. The largest absolute Gasteiger partial charge is 0.456 e. The van der Waals surface area contributed by atoms with E-state index in [0.29, 0.717) is 0 Å². The molecule has 2 heterocycles. The van der Waals surface area contributed by atoms with E-state index in [1.807, 2.05) is 49.6 Å². The van der Waals surface area contributed by atoms with E-state index in [1.54, 1.807) is 0 Å². The van der Waals surface area contributed by atoms with Gasteiger partial charge in [-0.05, 0) is 30.7 Å². The number of aryl methyl sites for hydroxylation is 1. The van der Waals surface area contributed by atoms with Crippen LogP contribution in [-0.4, -0.2) is 9.97 Å². The second-order valence-electron chi connectivity index (χ2n) is 4.89. The van der Waals surface area contributed by atoms with Gasteiger partial charge in [0.05, 0.1) is 0 Å². The fraction of sp³-hybridized carbons (Fsp3) is 0.0588. The third-order valence-electron chi connectivity index (χ3n) is 3.42. The van der Waals surface area contributed by atoms with Gasteiger partial charge in [-0.25, -0.2) is 9.97 Å². The topological polar surface area (TPSA) is 38.9 Å². The van der Waals surface area contributed by atoms with Gasteiger partial charge < -0.3 is 4.42 Å². The molecule has 0 spiro atoms. The fourth-order valence-electron chi connectivity index (χ4n) is 2.41. The van der Waals surface area contributed by atoms with Crippen LogP contribution < -0.4 is 0 Å². The molecule has 0 radical (unpaired) electrons. The van der Waals surface area contributed by atoms with Gasteiger partial charge >= 0.3 is 0 Å². The number of hydrogen-bond donors (Lipinski definition) is 0. The van der Waals surface area contributed by atoms with Crippen molar-refractivity contribution in [2.24, 2.45) is 0 Å². The van der Waals surface area contributed by atoms with Crippen molar-refractivity contribution < 1.29 is 4.42 Å². The average molecular weight is 260 g/mol. The summed E-state index contributed by atoms with van der Waals surface area (Å²) in [5, 5.41) is 2.26. The number of benzene rings is 2. The Morgan fingerprint density at radius 2 is 1.60 bits per heavy atom. The van der Waals surface area contributed by atoms with Gasteiger partial charge in [0.25, 0.3) is 0 Å². The molecule has 2 aromatic carbocycles. The van der Waals surface area contributed by atoms with Crippen LogP contribution in [0.2, 0.25) is 0 Å². The summed E-state index contributed by atoms with van der Waals surface area (Å²) in [5.74, 6) is 0.720. The first kappa shape index (κ1) is 11.2. The second-order valence-corrected chi connectivity index (χ2v) is 4.89. The van der Waals surface area contributed by atoms with Gasteiger partial charge in [-0.1, -0.05) is 24.3 Å². The predicted molar refractivity (Wildman–Crippen MR) is 79.5 cm³/mol. The molecular weight excluding hydrogens is 248 g/mol. The van der Waals surface area contributed by atoms with Gasteiger partial charge in [0.1, 0.15) is 11.2 Å². The zero-order chi connectivity index (χ0) is 13.5. The van der Waals surface area contributed by atoms with Gasteiger partial charge in [0.2, 0.25) is 0 Å². The summed E-state index contributed by atoms with van der Waals surface area (Å²) >= 11 is 0. The summed E-state index contributed by atoms with van der Waals surface area (Å²) in [4.78, 5) is 8.71. The lowest BCUT2D eigenvalue weighted by molar-refractivity contribution is 0.669. The Bertz CT molecular complexity index is 907. The summed E-state index contributed by atoms with van der Waals surface area (Å²) in [6.07, 6.45) is 3.65. The van der Waals surface area contributed by atoms with E-state index in [0.717, 1.165) is 38.9 Å². The molecule has 0 fully saturated rings. The highest BCUT2D eigenvalue weighted by molar-refractivity contribution is 6.05. The van der Waals surface area contributed by atoms with Gasteiger partial charge in [0.15, 0.2) is 5.82 Å². The molecule has 0 amide bonds. The maximum absolute atomic E-state index is 5.88. The van der Waals surface area contributed by atoms with Crippen molar-refractivity contribution in [1.82, 2.24) is 9.97 Å². The van der Waals surface area contributed by atoms with Crippen LogP contribution in [-0.2, 0) is 0 Å². The number of rotatable bonds is 1. The molecule has 0 bridgehead atoms. The van der Waals surface area contributed by atoms with Crippen molar-refractivity contribution >= 4 is 21.9 Å². The quantitative estimate of drug-likeness (QED) is 0.510. The van der Waals surface area contributed by atoms with Crippen molar-refractivity contribution in [3.05, 3.63) is 60.4 Å². The number of hydrogen-bond acceptors (Lipinski definition) is 3. The maximum atomic E-state index is 5.88. The zero-order valence-electron chi connectivity index (χ0n) is 11.0. The molecule has 96 valence electrons. The standard InChI is InChI=1S/C17H12N2O/c1-11-9-18-17(19-10-11)12-6-7-14-13-4-2-3-5-15(13)20-16(14)8-12/h2-10H,1H3. The first-order valence-electron chi connectivity index (χ1n) is 6.51. The van der Waals surface area contributed by atoms with Crippen molar-refractivity contribution in [3.8, 4) is 11.4 Å². The first-order chi connectivity index (χ1) is 9.81. The van der Waals surface area contributed by atoms with Crippen LogP contribution in [0, 0.1) is 6.92 Å². The predicted octanol–water partition coefficient (Wildman–Crippen LogP) is 4.35. The lowest BCUT2D eigenvalue weighted by Crippen LogP contribution is -1.88. The minimum atomic E-state index is 0.720.